The zero-order chi connectivity index (χ0) is 16.2. The summed E-state index contributed by atoms with van der Waals surface area (Å²) in [7, 11) is 0. The van der Waals surface area contributed by atoms with Crippen molar-refractivity contribution in [2.45, 2.75) is 51.6 Å². The molecule has 2 N–H and O–H groups in total. The van der Waals surface area contributed by atoms with E-state index in [1.165, 1.54) is 11.9 Å². The van der Waals surface area contributed by atoms with Crippen molar-refractivity contribution in [1.82, 2.24) is 20.2 Å². The van der Waals surface area contributed by atoms with Crippen LogP contribution in [-0.4, -0.2) is 34.6 Å². The molecule has 5 nitrogen and oxygen atoms in total. The lowest BCUT2D eigenvalue weighted by Crippen LogP contribution is -2.33. The normalized spacial score (nSPS) is 18.0. The highest BCUT2D eigenvalue weighted by molar-refractivity contribution is 5.77. The third-order valence-electron chi connectivity index (χ3n) is 4.45. The SMILES string of the molecule is CC(C)n1c(CCNC(=O)CC2CCCN2)nc2ccccc21. The van der Waals surface area contributed by atoms with Gasteiger partial charge in [-0.05, 0) is 45.4 Å². The second kappa shape index (κ2) is 7.13. The summed E-state index contributed by atoms with van der Waals surface area (Å²) in [5.41, 5.74) is 2.19. The minimum atomic E-state index is 0.136. The van der Waals surface area contributed by atoms with E-state index in [4.69, 9.17) is 4.98 Å². The molecule has 124 valence electrons. The maximum Gasteiger partial charge on any atom is 0.221 e. The highest BCUT2D eigenvalue weighted by Crippen LogP contribution is 2.21. The number of aromatic nitrogens is 2. The molecule has 1 aromatic heterocycles. The molecule has 1 amide bonds. The van der Waals surface area contributed by atoms with E-state index in [0.717, 1.165) is 30.7 Å². The Morgan fingerprint density at radius 2 is 2.26 bits per heavy atom. The van der Waals surface area contributed by atoms with Crippen molar-refractivity contribution in [3.8, 4) is 0 Å². The first-order valence-electron chi connectivity index (χ1n) is 8.61. The van der Waals surface area contributed by atoms with Gasteiger partial charge in [0.1, 0.15) is 5.82 Å². The van der Waals surface area contributed by atoms with E-state index in [0.29, 0.717) is 25.0 Å². The molecule has 1 aliphatic rings. The molecule has 1 atom stereocenters. The number of nitrogens with one attached hydrogen (secondary N) is 2. The van der Waals surface area contributed by atoms with Crippen LogP contribution in [0.2, 0.25) is 0 Å². The van der Waals surface area contributed by atoms with Crippen molar-refractivity contribution < 1.29 is 4.79 Å². The highest BCUT2D eigenvalue weighted by Gasteiger charge is 2.18. The number of fused-ring (bicyclic) bond motifs is 1. The quantitative estimate of drug-likeness (QED) is 0.861. The summed E-state index contributed by atoms with van der Waals surface area (Å²) in [6.07, 6.45) is 3.63. The molecule has 1 aromatic carbocycles. The summed E-state index contributed by atoms with van der Waals surface area (Å²) in [5.74, 6) is 1.18. The second-order valence-corrected chi connectivity index (χ2v) is 6.58. The number of hydrogen-bond donors (Lipinski definition) is 2. The average Bonchev–Trinajstić information content (AvgIpc) is 3.13. The van der Waals surface area contributed by atoms with E-state index >= 15 is 0 Å². The Kier molecular flexibility index (Phi) is 4.96. The van der Waals surface area contributed by atoms with E-state index in [-0.39, 0.29) is 5.91 Å². The molecular formula is C18H26N4O. The molecule has 2 heterocycles. The maximum atomic E-state index is 12.0. The van der Waals surface area contributed by atoms with Crippen molar-refractivity contribution in [3.05, 3.63) is 30.1 Å². The van der Waals surface area contributed by atoms with Crippen molar-refractivity contribution >= 4 is 16.9 Å². The third kappa shape index (κ3) is 3.72. The van der Waals surface area contributed by atoms with Crippen LogP contribution in [0.5, 0.6) is 0 Å². The zero-order valence-electron chi connectivity index (χ0n) is 14.0. The lowest BCUT2D eigenvalue weighted by atomic mass is 10.1. The molecule has 2 aromatic rings. The molecular weight excluding hydrogens is 288 g/mol. The molecule has 0 bridgehead atoms. The Balaban J connectivity index is 1.60. The van der Waals surface area contributed by atoms with Crippen LogP contribution < -0.4 is 10.6 Å². The topological polar surface area (TPSA) is 59.0 Å². The first-order valence-corrected chi connectivity index (χ1v) is 8.61. The molecule has 23 heavy (non-hydrogen) atoms. The lowest BCUT2D eigenvalue weighted by Gasteiger charge is -2.14. The molecule has 1 saturated heterocycles. The predicted molar refractivity (Wildman–Crippen MR) is 92.5 cm³/mol. The summed E-state index contributed by atoms with van der Waals surface area (Å²) in [6.45, 7) is 6.02. The van der Waals surface area contributed by atoms with Gasteiger partial charge in [-0.1, -0.05) is 12.1 Å². The number of rotatable bonds is 6. The fourth-order valence-electron chi connectivity index (χ4n) is 3.39. The van der Waals surface area contributed by atoms with Crippen LogP contribution in [0.15, 0.2) is 24.3 Å². The molecule has 5 heteroatoms. The Morgan fingerprint density at radius 1 is 1.43 bits per heavy atom. The van der Waals surface area contributed by atoms with Crippen LogP contribution in [-0.2, 0) is 11.2 Å². The number of hydrogen-bond acceptors (Lipinski definition) is 3. The van der Waals surface area contributed by atoms with Gasteiger partial charge in [0.25, 0.3) is 0 Å². The molecule has 0 saturated carbocycles. The van der Waals surface area contributed by atoms with Crippen molar-refractivity contribution in [2.24, 2.45) is 0 Å². The predicted octanol–water partition coefficient (Wildman–Crippen LogP) is 2.42. The number of nitrogens with zero attached hydrogens (tertiary/aromatic N) is 2. The van der Waals surface area contributed by atoms with Gasteiger partial charge in [0, 0.05) is 31.5 Å². The number of para-hydroxylation sites is 2. The first kappa shape index (κ1) is 16.0. The Labute approximate surface area is 137 Å². The fourth-order valence-corrected chi connectivity index (χ4v) is 3.39. The van der Waals surface area contributed by atoms with E-state index in [1.807, 2.05) is 18.2 Å². The Hall–Kier alpha value is -1.88. The zero-order valence-corrected chi connectivity index (χ0v) is 14.0. The van der Waals surface area contributed by atoms with Crippen molar-refractivity contribution in [1.29, 1.82) is 0 Å². The van der Waals surface area contributed by atoms with E-state index in [9.17, 15) is 4.79 Å². The van der Waals surface area contributed by atoms with Gasteiger partial charge < -0.3 is 15.2 Å². The Bertz CT molecular complexity index is 671. The van der Waals surface area contributed by atoms with Gasteiger partial charge in [0.15, 0.2) is 0 Å². The largest absolute Gasteiger partial charge is 0.356 e. The number of benzene rings is 1. The fraction of sp³-hybridized carbons (Fsp3) is 0.556. The standard InChI is InChI=1S/C18H26N4O/c1-13(2)22-16-8-4-3-7-15(16)21-17(22)9-11-20-18(23)12-14-6-5-10-19-14/h3-4,7-8,13-14,19H,5-6,9-12H2,1-2H3,(H,20,23). The van der Waals surface area contributed by atoms with Crippen molar-refractivity contribution in [2.75, 3.05) is 13.1 Å². The number of amides is 1. The molecule has 0 spiro atoms. The first-order chi connectivity index (χ1) is 11.1. The van der Waals surface area contributed by atoms with Gasteiger partial charge in [-0.25, -0.2) is 4.98 Å². The molecule has 3 rings (SSSR count). The monoisotopic (exact) mass is 314 g/mol. The number of carbonyl (C=O) groups is 1. The minimum Gasteiger partial charge on any atom is -0.356 e. The summed E-state index contributed by atoms with van der Waals surface area (Å²) in [6, 6.07) is 8.92. The molecule has 1 fully saturated rings. The smallest absolute Gasteiger partial charge is 0.221 e. The second-order valence-electron chi connectivity index (χ2n) is 6.58. The van der Waals surface area contributed by atoms with Crippen LogP contribution in [0.3, 0.4) is 0 Å². The maximum absolute atomic E-state index is 12.0. The van der Waals surface area contributed by atoms with Gasteiger partial charge in [-0.3, -0.25) is 4.79 Å². The molecule has 1 unspecified atom stereocenters. The van der Waals surface area contributed by atoms with Crippen LogP contribution in [0, 0.1) is 0 Å². The Morgan fingerprint density at radius 3 is 3.00 bits per heavy atom. The van der Waals surface area contributed by atoms with Crippen LogP contribution >= 0.6 is 0 Å². The highest BCUT2D eigenvalue weighted by atomic mass is 16.1. The van der Waals surface area contributed by atoms with E-state index in [2.05, 4.69) is 35.1 Å². The molecule has 0 aliphatic carbocycles. The minimum absolute atomic E-state index is 0.136. The van der Waals surface area contributed by atoms with Gasteiger partial charge in [-0.2, -0.15) is 0 Å². The van der Waals surface area contributed by atoms with Gasteiger partial charge in [0.05, 0.1) is 11.0 Å². The van der Waals surface area contributed by atoms with Crippen molar-refractivity contribution in [3.63, 3.8) is 0 Å². The summed E-state index contributed by atoms with van der Waals surface area (Å²) >= 11 is 0. The van der Waals surface area contributed by atoms with Gasteiger partial charge in [-0.15, -0.1) is 0 Å². The van der Waals surface area contributed by atoms with Gasteiger partial charge >= 0.3 is 0 Å². The average molecular weight is 314 g/mol. The lowest BCUT2D eigenvalue weighted by molar-refractivity contribution is -0.121. The molecule has 1 aliphatic heterocycles. The van der Waals surface area contributed by atoms with E-state index in [1.54, 1.807) is 0 Å². The van der Waals surface area contributed by atoms with Crippen LogP contribution in [0.25, 0.3) is 11.0 Å². The van der Waals surface area contributed by atoms with E-state index < -0.39 is 0 Å². The molecule has 0 radical (unpaired) electrons. The number of carbonyl (C=O) groups excluding carboxylic acids is 1. The third-order valence-corrected chi connectivity index (χ3v) is 4.45. The summed E-state index contributed by atoms with van der Waals surface area (Å²) in [4.78, 5) is 16.7. The summed E-state index contributed by atoms with van der Waals surface area (Å²) in [5, 5.41) is 6.40. The summed E-state index contributed by atoms with van der Waals surface area (Å²) < 4.78 is 2.26. The van der Waals surface area contributed by atoms with Crippen LogP contribution in [0.1, 0.15) is 45.0 Å². The van der Waals surface area contributed by atoms with Gasteiger partial charge in [0.2, 0.25) is 5.91 Å². The number of imidazole rings is 1. The van der Waals surface area contributed by atoms with Crippen LogP contribution in [0.4, 0.5) is 0 Å².